The van der Waals surface area contributed by atoms with Gasteiger partial charge in [0.2, 0.25) is 0 Å². The fraction of sp³-hybridized carbons (Fsp3) is 0.143. The predicted octanol–water partition coefficient (Wildman–Crippen LogP) is 2.61. The van der Waals surface area contributed by atoms with Crippen LogP contribution in [0.25, 0.3) is 11.3 Å². The lowest BCUT2D eigenvalue weighted by molar-refractivity contribution is -0.136. The maximum Gasteiger partial charge on any atom is 0.333 e. The third-order valence-corrected chi connectivity index (χ3v) is 2.49. The fourth-order valence-electron chi connectivity index (χ4n) is 1.57. The topological polar surface area (TPSA) is 52.3 Å². The fourth-order valence-corrected chi connectivity index (χ4v) is 1.57. The standard InChI is InChI=1S/C14H13NO3/c1-10(14(16)17-2)8-12-9-13(18-15-12)11-6-4-3-5-7-11/h3-7,9H,1,8H2,2H3. The second-order valence-corrected chi connectivity index (χ2v) is 3.82. The van der Waals surface area contributed by atoms with Crippen LogP contribution in [-0.4, -0.2) is 18.2 Å². The minimum atomic E-state index is -0.431. The second-order valence-electron chi connectivity index (χ2n) is 3.82. The third kappa shape index (κ3) is 2.66. The van der Waals surface area contributed by atoms with Crippen molar-refractivity contribution < 1.29 is 14.1 Å². The van der Waals surface area contributed by atoms with E-state index in [2.05, 4.69) is 16.5 Å². The minimum Gasteiger partial charge on any atom is -0.466 e. The molecule has 0 N–H and O–H groups in total. The van der Waals surface area contributed by atoms with Crippen LogP contribution in [0.3, 0.4) is 0 Å². The van der Waals surface area contributed by atoms with Crippen LogP contribution in [0.4, 0.5) is 0 Å². The molecule has 1 aromatic heterocycles. The summed E-state index contributed by atoms with van der Waals surface area (Å²) in [5, 5.41) is 3.91. The van der Waals surface area contributed by atoms with Gasteiger partial charge in [-0.2, -0.15) is 0 Å². The first kappa shape index (κ1) is 12.1. The molecule has 4 heteroatoms. The molecule has 0 saturated heterocycles. The Kier molecular flexibility index (Phi) is 3.57. The van der Waals surface area contributed by atoms with Crippen LogP contribution in [0.15, 0.2) is 53.1 Å². The molecule has 0 aliphatic rings. The molecule has 1 aromatic carbocycles. The van der Waals surface area contributed by atoms with E-state index in [9.17, 15) is 4.79 Å². The highest BCUT2D eigenvalue weighted by Gasteiger charge is 2.12. The van der Waals surface area contributed by atoms with Crippen LogP contribution in [0.2, 0.25) is 0 Å². The number of rotatable bonds is 4. The molecule has 0 fully saturated rings. The van der Waals surface area contributed by atoms with E-state index in [0.717, 1.165) is 5.56 Å². The van der Waals surface area contributed by atoms with Gasteiger partial charge in [0.05, 0.1) is 12.8 Å². The normalized spacial score (nSPS) is 10.1. The first-order valence-electron chi connectivity index (χ1n) is 5.48. The highest BCUT2D eigenvalue weighted by Crippen LogP contribution is 2.20. The number of carbonyl (C=O) groups excluding carboxylic acids is 1. The molecule has 0 amide bonds. The summed E-state index contributed by atoms with van der Waals surface area (Å²) in [4.78, 5) is 11.2. The van der Waals surface area contributed by atoms with Gasteiger partial charge in [-0.3, -0.25) is 0 Å². The molecule has 18 heavy (non-hydrogen) atoms. The van der Waals surface area contributed by atoms with Gasteiger partial charge in [-0.1, -0.05) is 42.1 Å². The molecule has 0 aliphatic carbocycles. The average Bonchev–Trinajstić information content (AvgIpc) is 2.87. The summed E-state index contributed by atoms with van der Waals surface area (Å²) < 4.78 is 9.80. The molecule has 0 unspecified atom stereocenters. The van der Waals surface area contributed by atoms with Crippen molar-refractivity contribution in [3.8, 4) is 11.3 Å². The number of nitrogens with zero attached hydrogens (tertiary/aromatic N) is 1. The lowest BCUT2D eigenvalue weighted by Gasteiger charge is -1.99. The van der Waals surface area contributed by atoms with Gasteiger partial charge < -0.3 is 9.26 Å². The quantitative estimate of drug-likeness (QED) is 0.611. The first-order chi connectivity index (χ1) is 8.70. The Hall–Kier alpha value is -2.36. The molecule has 0 spiro atoms. The number of hydrogen-bond acceptors (Lipinski definition) is 4. The molecule has 1 heterocycles. The molecule has 4 nitrogen and oxygen atoms in total. The SMILES string of the molecule is C=C(Cc1cc(-c2ccccc2)on1)C(=O)OC. The Morgan fingerprint density at radius 1 is 1.39 bits per heavy atom. The first-order valence-corrected chi connectivity index (χ1v) is 5.48. The number of benzene rings is 1. The smallest absolute Gasteiger partial charge is 0.333 e. The van der Waals surface area contributed by atoms with E-state index < -0.39 is 5.97 Å². The molecular weight excluding hydrogens is 230 g/mol. The number of hydrogen-bond donors (Lipinski definition) is 0. The van der Waals surface area contributed by atoms with Crippen molar-refractivity contribution in [2.24, 2.45) is 0 Å². The lowest BCUT2D eigenvalue weighted by Crippen LogP contribution is -2.06. The molecule has 0 atom stereocenters. The van der Waals surface area contributed by atoms with Crippen LogP contribution >= 0.6 is 0 Å². The molecular formula is C14H13NO3. The summed E-state index contributed by atoms with van der Waals surface area (Å²) in [5.74, 6) is 0.238. The van der Waals surface area contributed by atoms with Gasteiger partial charge in [0.15, 0.2) is 5.76 Å². The summed E-state index contributed by atoms with van der Waals surface area (Å²) in [7, 11) is 1.33. The summed E-state index contributed by atoms with van der Waals surface area (Å²) >= 11 is 0. The molecule has 92 valence electrons. The zero-order chi connectivity index (χ0) is 13.0. The molecule has 2 aromatic rings. The predicted molar refractivity (Wildman–Crippen MR) is 66.8 cm³/mol. The Morgan fingerprint density at radius 3 is 2.78 bits per heavy atom. The largest absolute Gasteiger partial charge is 0.466 e. The van der Waals surface area contributed by atoms with E-state index in [-0.39, 0.29) is 0 Å². The molecule has 0 bridgehead atoms. The Bertz CT molecular complexity index is 557. The molecule has 0 aliphatic heterocycles. The van der Waals surface area contributed by atoms with Crippen molar-refractivity contribution >= 4 is 5.97 Å². The van der Waals surface area contributed by atoms with E-state index in [1.807, 2.05) is 30.3 Å². The number of aromatic nitrogens is 1. The van der Waals surface area contributed by atoms with E-state index in [1.165, 1.54) is 7.11 Å². The summed E-state index contributed by atoms with van der Waals surface area (Å²) in [5.41, 5.74) is 1.95. The van der Waals surface area contributed by atoms with Crippen LogP contribution in [-0.2, 0) is 16.0 Å². The summed E-state index contributed by atoms with van der Waals surface area (Å²) in [6.07, 6.45) is 0.322. The van der Waals surface area contributed by atoms with Gasteiger partial charge in [-0.25, -0.2) is 4.79 Å². The molecule has 2 rings (SSSR count). The van der Waals surface area contributed by atoms with E-state index in [0.29, 0.717) is 23.4 Å². The van der Waals surface area contributed by atoms with Crippen molar-refractivity contribution in [3.05, 3.63) is 54.2 Å². The second kappa shape index (κ2) is 5.31. The van der Waals surface area contributed by atoms with E-state index in [1.54, 1.807) is 6.07 Å². The van der Waals surface area contributed by atoms with Crippen molar-refractivity contribution in [2.45, 2.75) is 6.42 Å². The third-order valence-electron chi connectivity index (χ3n) is 2.49. The van der Waals surface area contributed by atoms with Gasteiger partial charge in [0.25, 0.3) is 0 Å². The number of esters is 1. The van der Waals surface area contributed by atoms with Crippen LogP contribution in [0.5, 0.6) is 0 Å². The lowest BCUT2D eigenvalue weighted by atomic mass is 10.1. The van der Waals surface area contributed by atoms with Crippen LogP contribution < -0.4 is 0 Å². The van der Waals surface area contributed by atoms with E-state index >= 15 is 0 Å². The van der Waals surface area contributed by atoms with Crippen LogP contribution in [0, 0.1) is 0 Å². The zero-order valence-electron chi connectivity index (χ0n) is 10.1. The van der Waals surface area contributed by atoms with Gasteiger partial charge >= 0.3 is 5.97 Å². The highest BCUT2D eigenvalue weighted by atomic mass is 16.5. The molecule has 0 radical (unpaired) electrons. The van der Waals surface area contributed by atoms with Crippen molar-refractivity contribution in [3.63, 3.8) is 0 Å². The molecule has 0 saturated carbocycles. The minimum absolute atomic E-state index is 0.322. The zero-order valence-corrected chi connectivity index (χ0v) is 10.1. The number of ether oxygens (including phenoxy) is 1. The van der Waals surface area contributed by atoms with Gasteiger partial charge in [-0.05, 0) is 0 Å². The van der Waals surface area contributed by atoms with Crippen molar-refractivity contribution in [2.75, 3.05) is 7.11 Å². The van der Waals surface area contributed by atoms with Gasteiger partial charge in [0.1, 0.15) is 0 Å². The Morgan fingerprint density at radius 2 is 2.11 bits per heavy atom. The van der Waals surface area contributed by atoms with Gasteiger partial charge in [0, 0.05) is 23.6 Å². The maximum atomic E-state index is 11.2. The summed E-state index contributed by atoms with van der Waals surface area (Å²) in [6.45, 7) is 3.65. The number of methoxy groups -OCH3 is 1. The highest BCUT2D eigenvalue weighted by molar-refractivity contribution is 5.88. The number of carbonyl (C=O) groups is 1. The Labute approximate surface area is 105 Å². The Balaban J connectivity index is 2.12. The summed E-state index contributed by atoms with van der Waals surface area (Å²) in [6, 6.07) is 11.4. The van der Waals surface area contributed by atoms with Gasteiger partial charge in [-0.15, -0.1) is 0 Å². The average molecular weight is 243 g/mol. The monoisotopic (exact) mass is 243 g/mol. The van der Waals surface area contributed by atoms with Crippen molar-refractivity contribution in [1.82, 2.24) is 5.16 Å². The van der Waals surface area contributed by atoms with Crippen molar-refractivity contribution in [1.29, 1.82) is 0 Å². The maximum absolute atomic E-state index is 11.2. The van der Waals surface area contributed by atoms with E-state index in [4.69, 9.17) is 4.52 Å². The van der Waals surface area contributed by atoms with Crippen LogP contribution in [0.1, 0.15) is 5.69 Å².